The van der Waals surface area contributed by atoms with Gasteiger partial charge in [-0.15, -0.1) is 0 Å². The Hall–Kier alpha value is -3.42. The Morgan fingerprint density at radius 3 is 1.05 bits per heavy atom. The van der Waals surface area contributed by atoms with Crippen LogP contribution in [0.4, 0.5) is 22.7 Å². The summed E-state index contributed by atoms with van der Waals surface area (Å²) in [4.78, 5) is 22.0. The van der Waals surface area contributed by atoms with Crippen molar-refractivity contribution in [3.8, 4) is 11.1 Å². The summed E-state index contributed by atoms with van der Waals surface area (Å²) in [5.41, 5.74) is 24.2. The van der Waals surface area contributed by atoms with E-state index in [1.54, 1.807) is 0 Å². The molecule has 0 radical (unpaired) electrons. The summed E-state index contributed by atoms with van der Waals surface area (Å²) in [6.45, 7) is 0. The molecule has 0 amide bonds. The fourth-order valence-electron chi connectivity index (χ4n) is 2.20. The van der Waals surface area contributed by atoms with E-state index < -0.39 is 11.9 Å². The van der Waals surface area contributed by atoms with Gasteiger partial charge in [0.2, 0.25) is 0 Å². The molecule has 0 aromatic heterocycles. The van der Waals surface area contributed by atoms with Gasteiger partial charge in [0, 0.05) is 33.9 Å². The highest BCUT2D eigenvalue weighted by Gasteiger charge is 2.18. The number of nitrogens with two attached hydrogens (primary N) is 4. The van der Waals surface area contributed by atoms with Crippen LogP contribution in [0.3, 0.4) is 0 Å². The second-order valence-electron chi connectivity index (χ2n) is 4.67. The van der Waals surface area contributed by atoms with Crippen molar-refractivity contribution < 1.29 is 19.8 Å². The molecule has 0 saturated carbocycles. The smallest absolute Gasteiger partial charge is 0.335 e. The van der Waals surface area contributed by atoms with E-state index >= 15 is 0 Å². The van der Waals surface area contributed by atoms with Gasteiger partial charge >= 0.3 is 11.9 Å². The van der Waals surface area contributed by atoms with Crippen LogP contribution < -0.4 is 22.9 Å². The number of rotatable bonds is 3. The molecular weight excluding hydrogens is 288 g/mol. The lowest BCUT2D eigenvalue weighted by Crippen LogP contribution is -2.07. The zero-order chi connectivity index (χ0) is 16.6. The fourth-order valence-corrected chi connectivity index (χ4v) is 2.20. The van der Waals surface area contributed by atoms with Gasteiger partial charge < -0.3 is 33.1 Å². The van der Waals surface area contributed by atoms with Crippen molar-refractivity contribution in [2.75, 3.05) is 22.9 Å². The summed E-state index contributed by atoms with van der Waals surface area (Å²) >= 11 is 0. The highest BCUT2D eigenvalue weighted by molar-refractivity contribution is 6.03. The molecule has 2 rings (SSSR count). The first kappa shape index (κ1) is 15.0. The third kappa shape index (κ3) is 2.44. The van der Waals surface area contributed by atoms with E-state index in [-0.39, 0.29) is 45.0 Å². The number of hydrogen-bond donors (Lipinski definition) is 6. The van der Waals surface area contributed by atoms with Crippen LogP contribution in [-0.2, 0) is 0 Å². The molecule has 0 aliphatic rings. The van der Waals surface area contributed by atoms with Gasteiger partial charge in [-0.1, -0.05) is 0 Å². The number of hydrogen-bond acceptors (Lipinski definition) is 6. The molecule has 0 saturated heterocycles. The lowest BCUT2D eigenvalue weighted by Gasteiger charge is -2.16. The van der Waals surface area contributed by atoms with Crippen LogP contribution in [0.5, 0.6) is 0 Å². The Kier molecular flexibility index (Phi) is 3.52. The van der Waals surface area contributed by atoms with Gasteiger partial charge in [0.1, 0.15) is 0 Å². The summed E-state index contributed by atoms with van der Waals surface area (Å²) in [5, 5.41) is 18.0. The molecule has 2 aromatic carbocycles. The molecule has 2 aromatic rings. The first-order valence-electron chi connectivity index (χ1n) is 6.07. The number of benzene rings is 2. The fraction of sp³-hybridized carbons (Fsp3) is 0. The molecule has 114 valence electrons. The monoisotopic (exact) mass is 302 g/mol. The number of anilines is 4. The zero-order valence-corrected chi connectivity index (χ0v) is 11.3. The first-order valence-corrected chi connectivity index (χ1v) is 6.07. The van der Waals surface area contributed by atoms with Crippen LogP contribution in [0.15, 0.2) is 24.3 Å². The third-order valence-corrected chi connectivity index (χ3v) is 3.14. The van der Waals surface area contributed by atoms with Gasteiger partial charge in [0.15, 0.2) is 0 Å². The van der Waals surface area contributed by atoms with Crippen LogP contribution in [0.1, 0.15) is 20.7 Å². The molecule has 8 heteroatoms. The van der Waals surface area contributed by atoms with Crippen LogP contribution in [0.25, 0.3) is 11.1 Å². The standard InChI is InChI=1S/C14H14N4O4/c15-7-1-5(13(19)20)2-8(16)11(7)12-9(17)3-6(14(21)22)4-10(12)18/h1-4H,15-18H2,(H,19,20)(H,21,22). The molecule has 0 aliphatic carbocycles. The predicted octanol–water partition coefficient (Wildman–Crippen LogP) is 1.08. The Bertz CT molecular complexity index is 688. The van der Waals surface area contributed by atoms with Crippen molar-refractivity contribution in [2.45, 2.75) is 0 Å². The first-order chi connectivity index (χ1) is 10.2. The molecule has 8 nitrogen and oxygen atoms in total. The lowest BCUT2D eigenvalue weighted by molar-refractivity contribution is 0.0686. The highest BCUT2D eigenvalue weighted by Crippen LogP contribution is 2.40. The number of aromatic carboxylic acids is 2. The summed E-state index contributed by atoms with van der Waals surface area (Å²) in [5.74, 6) is -2.35. The SMILES string of the molecule is Nc1cc(C(=O)O)cc(N)c1-c1c(N)cc(C(=O)O)cc1N. The molecule has 22 heavy (non-hydrogen) atoms. The molecule has 0 atom stereocenters. The topological polar surface area (TPSA) is 179 Å². The second kappa shape index (κ2) is 5.17. The van der Waals surface area contributed by atoms with Gasteiger partial charge in [-0.3, -0.25) is 0 Å². The number of carboxylic acids is 2. The minimum atomic E-state index is -1.17. The maximum absolute atomic E-state index is 11.0. The summed E-state index contributed by atoms with van der Waals surface area (Å²) < 4.78 is 0. The highest BCUT2D eigenvalue weighted by atomic mass is 16.4. The van der Waals surface area contributed by atoms with Crippen LogP contribution in [0, 0.1) is 0 Å². The van der Waals surface area contributed by atoms with E-state index in [1.165, 1.54) is 24.3 Å². The van der Waals surface area contributed by atoms with Gasteiger partial charge in [-0.2, -0.15) is 0 Å². The van der Waals surface area contributed by atoms with Crippen molar-refractivity contribution in [3.05, 3.63) is 35.4 Å². The Morgan fingerprint density at radius 2 is 0.864 bits per heavy atom. The average Bonchev–Trinajstić information content (AvgIpc) is 2.40. The van der Waals surface area contributed by atoms with E-state index in [9.17, 15) is 9.59 Å². The molecule has 0 aliphatic heterocycles. The van der Waals surface area contributed by atoms with E-state index in [2.05, 4.69) is 0 Å². The number of nitrogen functional groups attached to an aromatic ring is 4. The van der Waals surface area contributed by atoms with Crippen LogP contribution >= 0.6 is 0 Å². The second-order valence-corrected chi connectivity index (χ2v) is 4.67. The third-order valence-electron chi connectivity index (χ3n) is 3.14. The molecule has 0 unspecified atom stereocenters. The quantitative estimate of drug-likeness (QED) is 0.455. The van der Waals surface area contributed by atoms with Gasteiger partial charge in [0.25, 0.3) is 0 Å². The minimum absolute atomic E-state index is 0.0713. The van der Waals surface area contributed by atoms with E-state index in [0.717, 1.165) is 0 Å². The largest absolute Gasteiger partial charge is 0.478 e. The van der Waals surface area contributed by atoms with Crippen molar-refractivity contribution >= 4 is 34.7 Å². The molecule has 0 fully saturated rings. The van der Waals surface area contributed by atoms with E-state index in [1.807, 2.05) is 0 Å². The number of carboxylic acid groups (broad SMARTS) is 2. The normalized spacial score (nSPS) is 10.4. The van der Waals surface area contributed by atoms with E-state index in [4.69, 9.17) is 33.1 Å². The predicted molar refractivity (Wildman–Crippen MR) is 83.4 cm³/mol. The average molecular weight is 302 g/mol. The van der Waals surface area contributed by atoms with Crippen molar-refractivity contribution in [3.63, 3.8) is 0 Å². The molecule has 0 heterocycles. The van der Waals surface area contributed by atoms with Crippen molar-refractivity contribution in [2.24, 2.45) is 0 Å². The van der Waals surface area contributed by atoms with Crippen LogP contribution in [0.2, 0.25) is 0 Å². The summed E-state index contributed by atoms with van der Waals surface area (Å²) in [7, 11) is 0. The minimum Gasteiger partial charge on any atom is -0.478 e. The van der Waals surface area contributed by atoms with Gasteiger partial charge in [-0.05, 0) is 24.3 Å². The van der Waals surface area contributed by atoms with E-state index in [0.29, 0.717) is 0 Å². The van der Waals surface area contributed by atoms with Gasteiger partial charge in [-0.25, -0.2) is 9.59 Å². The molecule has 0 bridgehead atoms. The van der Waals surface area contributed by atoms with Gasteiger partial charge in [0.05, 0.1) is 11.1 Å². The molecule has 10 N–H and O–H groups in total. The number of carbonyl (C=O) groups is 2. The zero-order valence-electron chi connectivity index (χ0n) is 11.3. The summed E-state index contributed by atoms with van der Waals surface area (Å²) in [6.07, 6.45) is 0. The maximum Gasteiger partial charge on any atom is 0.335 e. The van der Waals surface area contributed by atoms with Crippen molar-refractivity contribution in [1.29, 1.82) is 0 Å². The Balaban J connectivity index is 2.72. The Labute approximate surface area is 124 Å². The lowest BCUT2D eigenvalue weighted by atomic mass is 9.95. The molecule has 0 spiro atoms. The van der Waals surface area contributed by atoms with Crippen molar-refractivity contribution in [1.82, 2.24) is 0 Å². The summed E-state index contributed by atoms with van der Waals surface area (Å²) in [6, 6.07) is 4.94. The van der Waals surface area contributed by atoms with Crippen LogP contribution in [-0.4, -0.2) is 22.2 Å². The maximum atomic E-state index is 11.0. The Morgan fingerprint density at radius 1 is 0.636 bits per heavy atom. The molecular formula is C14H14N4O4.